The molecule has 0 saturated heterocycles. The van der Waals surface area contributed by atoms with Gasteiger partial charge in [-0.05, 0) is 69.4 Å². The van der Waals surface area contributed by atoms with Crippen LogP contribution < -0.4 is 5.32 Å². The molecule has 0 unspecified atom stereocenters. The molecule has 2 saturated carbocycles. The second-order valence-electron chi connectivity index (χ2n) is 10.6. The SMILES string of the molecule is Cc1ccc(NC(=O)C[C@@H](CC(=O)O)c2nnn([C@H]3C[C@@H](CC(C)C)C3)c2C2CC2)c(C)c1. The second kappa shape index (κ2) is 9.65. The number of hydrogen-bond donors (Lipinski definition) is 2. The number of benzene rings is 1. The van der Waals surface area contributed by atoms with E-state index in [2.05, 4.69) is 34.2 Å². The number of nitrogens with one attached hydrogen (secondary N) is 1. The molecule has 4 rings (SSSR count). The number of carbonyl (C=O) groups is 2. The van der Waals surface area contributed by atoms with Crippen LogP contribution in [-0.4, -0.2) is 32.0 Å². The van der Waals surface area contributed by atoms with Crippen LogP contribution in [0.25, 0.3) is 0 Å². The largest absolute Gasteiger partial charge is 0.481 e. The van der Waals surface area contributed by atoms with E-state index in [4.69, 9.17) is 0 Å². The highest BCUT2D eigenvalue weighted by Gasteiger charge is 2.40. The summed E-state index contributed by atoms with van der Waals surface area (Å²) in [5.74, 6) is 0.220. The average Bonchev–Trinajstić information content (AvgIpc) is 3.44. The molecule has 7 heteroatoms. The number of rotatable bonds is 10. The average molecular weight is 453 g/mol. The highest BCUT2D eigenvalue weighted by Crippen LogP contribution is 2.48. The Morgan fingerprint density at radius 1 is 1.18 bits per heavy atom. The molecule has 2 fully saturated rings. The van der Waals surface area contributed by atoms with E-state index >= 15 is 0 Å². The molecule has 0 bridgehead atoms. The van der Waals surface area contributed by atoms with Crippen LogP contribution in [0.5, 0.6) is 0 Å². The Hall–Kier alpha value is -2.70. The number of carboxylic acid groups (broad SMARTS) is 1. The summed E-state index contributed by atoms with van der Waals surface area (Å²) in [7, 11) is 0. The molecule has 1 aromatic carbocycles. The van der Waals surface area contributed by atoms with Gasteiger partial charge in [0.15, 0.2) is 0 Å². The normalized spacial score (nSPS) is 21.0. The molecule has 2 aliphatic carbocycles. The van der Waals surface area contributed by atoms with Crippen molar-refractivity contribution in [2.75, 3.05) is 5.32 Å². The van der Waals surface area contributed by atoms with Crippen molar-refractivity contribution in [3.8, 4) is 0 Å². The third-order valence-corrected chi connectivity index (χ3v) is 6.98. The fourth-order valence-corrected chi connectivity index (χ4v) is 5.24. The minimum Gasteiger partial charge on any atom is -0.481 e. The first kappa shape index (κ1) is 23.5. The minimum absolute atomic E-state index is 0.0820. The topological polar surface area (TPSA) is 97.1 Å². The van der Waals surface area contributed by atoms with Gasteiger partial charge in [0.25, 0.3) is 0 Å². The molecule has 178 valence electrons. The first-order chi connectivity index (χ1) is 15.7. The van der Waals surface area contributed by atoms with Crippen molar-refractivity contribution in [2.24, 2.45) is 11.8 Å². The standard InChI is InChI=1S/C26H36N4O3/c1-15(2)9-18-11-21(12-18)30-26(19-6-7-19)25(28-29-30)20(14-24(32)33)13-23(31)27-22-8-5-16(3)10-17(22)4/h5,8,10,15,18-21H,6-7,9,11-14H2,1-4H3,(H,27,31)(H,32,33)/t18-,20-,21+/m0/s1. The van der Waals surface area contributed by atoms with E-state index in [1.165, 1.54) is 6.42 Å². The fraction of sp³-hybridized carbons (Fsp3) is 0.615. The number of carboxylic acids is 1. The van der Waals surface area contributed by atoms with Gasteiger partial charge in [-0.1, -0.05) is 36.8 Å². The summed E-state index contributed by atoms with van der Waals surface area (Å²) in [6.45, 7) is 8.49. The number of aromatic nitrogens is 3. The van der Waals surface area contributed by atoms with E-state index in [-0.39, 0.29) is 18.7 Å². The molecule has 0 aliphatic heterocycles. The minimum atomic E-state index is -0.920. The molecule has 0 radical (unpaired) electrons. The van der Waals surface area contributed by atoms with Crippen LogP contribution in [0.2, 0.25) is 0 Å². The van der Waals surface area contributed by atoms with Crippen molar-refractivity contribution in [3.05, 3.63) is 40.7 Å². The first-order valence-electron chi connectivity index (χ1n) is 12.2. The molecule has 33 heavy (non-hydrogen) atoms. The maximum atomic E-state index is 12.9. The number of carbonyl (C=O) groups excluding carboxylic acids is 1. The summed E-state index contributed by atoms with van der Waals surface area (Å²) in [6, 6.07) is 6.22. The first-order valence-corrected chi connectivity index (χ1v) is 12.2. The summed E-state index contributed by atoms with van der Waals surface area (Å²) in [5, 5.41) is 21.5. The number of aliphatic carboxylic acids is 1. The maximum absolute atomic E-state index is 12.9. The van der Waals surface area contributed by atoms with Crippen molar-refractivity contribution in [1.29, 1.82) is 0 Å². The zero-order chi connectivity index (χ0) is 23.7. The zero-order valence-corrected chi connectivity index (χ0v) is 20.2. The van der Waals surface area contributed by atoms with Crippen LogP contribution in [0.15, 0.2) is 18.2 Å². The number of amides is 1. The van der Waals surface area contributed by atoms with Crippen molar-refractivity contribution >= 4 is 17.6 Å². The monoisotopic (exact) mass is 452 g/mol. The van der Waals surface area contributed by atoms with Crippen LogP contribution in [0, 0.1) is 25.7 Å². The molecular formula is C26H36N4O3. The van der Waals surface area contributed by atoms with E-state index in [1.54, 1.807) is 0 Å². The van der Waals surface area contributed by atoms with E-state index in [0.29, 0.717) is 23.6 Å². The summed E-state index contributed by atoms with van der Waals surface area (Å²) < 4.78 is 2.07. The Labute approximate surface area is 196 Å². The van der Waals surface area contributed by atoms with E-state index < -0.39 is 11.9 Å². The lowest BCUT2D eigenvalue weighted by atomic mass is 9.75. The smallest absolute Gasteiger partial charge is 0.304 e. The van der Waals surface area contributed by atoms with Crippen LogP contribution in [0.1, 0.15) is 99.2 Å². The van der Waals surface area contributed by atoms with Gasteiger partial charge in [-0.25, -0.2) is 4.68 Å². The molecule has 2 N–H and O–H groups in total. The van der Waals surface area contributed by atoms with Crippen LogP contribution >= 0.6 is 0 Å². The molecule has 1 aromatic heterocycles. The molecule has 1 amide bonds. The second-order valence-corrected chi connectivity index (χ2v) is 10.6. The highest BCUT2D eigenvalue weighted by molar-refractivity contribution is 5.92. The predicted molar refractivity (Wildman–Crippen MR) is 127 cm³/mol. The summed E-state index contributed by atoms with van der Waals surface area (Å²) >= 11 is 0. The van der Waals surface area contributed by atoms with Crippen molar-refractivity contribution < 1.29 is 14.7 Å². The van der Waals surface area contributed by atoms with Gasteiger partial charge in [0.05, 0.1) is 23.9 Å². The highest BCUT2D eigenvalue weighted by atomic mass is 16.4. The Morgan fingerprint density at radius 3 is 2.52 bits per heavy atom. The molecule has 1 heterocycles. The Kier molecular flexibility index (Phi) is 6.86. The molecule has 1 atom stereocenters. The number of hydrogen-bond acceptors (Lipinski definition) is 4. The van der Waals surface area contributed by atoms with Gasteiger partial charge in [-0.15, -0.1) is 5.10 Å². The molecule has 2 aliphatic rings. The quantitative estimate of drug-likeness (QED) is 0.506. The van der Waals surface area contributed by atoms with Gasteiger partial charge in [0.1, 0.15) is 0 Å². The Bertz CT molecular complexity index is 1020. The third kappa shape index (κ3) is 5.63. The molecular weight excluding hydrogens is 416 g/mol. The summed E-state index contributed by atoms with van der Waals surface area (Å²) in [6.07, 6.45) is 5.57. The van der Waals surface area contributed by atoms with Crippen LogP contribution in [0.3, 0.4) is 0 Å². The van der Waals surface area contributed by atoms with Crippen LogP contribution in [-0.2, 0) is 9.59 Å². The van der Waals surface area contributed by atoms with Crippen LogP contribution in [0.4, 0.5) is 5.69 Å². The number of anilines is 1. The van der Waals surface area contributed by atoms with E-state index in [0.717, 1.165) is 54.1 Å². The van der Waals surface area contributed by atoms with Crippen molar-refractivity contribution in [1.82, 2.24) is 15.0 Å². The van der Waals surface area contributed by atoms with Crippen molar-refractivity contribution in [3.63, 3.8) is 0 Å². The van der Waals surface area contributed by atoms with Gasteiger partial charge in [0, 0.05) is 23.9 Å². The molecule has 0 spiro atoms. The van der Waals surface area contributed by atoms with Gasteiger partial charge >= 0.3 is 5.97 Å². The fourth-order valence-electron chi connectivity index (χ4n) is 5.24. The Balaban J connectivity index is 1.52. The molecule has 2 aromatic rings. The predicted octanol–water partition coefficient (Wildman–Crippen LogP) is 5.36. The van der Waals surface area contributed by atoms with Crippen molar-refractivity contribution in [2.45, 2.75) is 90.5 Å². The van der Waals surface area contributed by atoms with Gasteiger partial charge in [-0.2, -0.15) is 0 Å². The lowest BCUT2D eigenvalue weighted by molar-refractivity contribution is -0.137. The summed E-state index contributed by atoms with van der Waals surface area (Å²) in [5.41, 5.74) is 4.67. The lowest BCUT2D eigenvalue weighted by Gasteiger charge is -2.37. The number of aryl methyl sites for hydroxylation is 2. The Morgan fingerprint density at radius 2 is 1.91 bits per heavy atom. The van der Waals surface area contributed by atoms with Gasteiger partial charge in [-0.3, -0.25) is 9.59 Å². The summed E-state index contributed by atoms with van der Waals surface area (Å²) in [4.78, 5) is 24.6. The number of nitrogens with zero attached hydrogens (tertiary/aromatic N) is 3. The third-order valence-electron chi connectivity index (χ3n) is 6.98. The lowest BCUT2D eigenvalue weighted by Crippen LogP contribution is -2.29. The zero-order valence-electron chi connectivity index (χ0n) is 20.2. The van der Waals surface area contributed by atoms with E-state index in [1.807, 2.05) is 32.0 Å². The maximum Gasteiger partial charge on any atom is 0.304 e. The van der Waals surface area contributed by atoms with E-state index in [9.17, 15) is 14.7 Å². The van der Waals surface area contributed by atoms with Gasteiger partial charge in [0.2, 0.25) is 5.91 Å². The van der Waals surface area contributed by atoms with Gasteiger partial charge < -0.3 is 10.4 Å². The molecule has 7 nitrogen and oxygen atoms in total.